The van der Waals surface area contributed by atoms with E-state index in [2.05, 4.69) is 31.9 Å². The SMILES string of the molecule is COc1nc2c(c(N3CCCn4nc(C(=O)N5CC6C5CCN6C)c(Cl)c4C3)n1)COC(c1c(C(F)(F)F)ccc(N)c1F)C2.FC1CC2CCCN2C1. The lowest BCUT2D eigenvalue weighted by atomic mass is 9.94. The summed E-state index contributed by atoms with van der Waals surface area (Å²) < 4.78 is 82.3. The second kappa shape index (κ2) is 14.4. The molecule has 2 N–H and O–H groups in total. The van der Waals surface area contributed by atoms with Crippen LogP contribution in [-0.4, -0.2) is 112 Å². The fourth-order valence-electron chi connectivity index (χ4n) is 8.95. The van der Waals surface area contributed by atoms with Crippen LogP contribution in [0.25, 0.3) is 0 Å². The maximum atomic E-state index is 15.1. The fourth-order valence-corrected chi connectivity index (χ4v) is 9.22. The van der Waals surface area contributed by atoms with Crippen molar-refractivity contribution in [3.63, 3.8) is 0 Å². The number of amides is 1. The highest BCUT2D eigenvalue weighted by Crippen LogP contribution is 2.43. The molecule has 5 unspecified atom stereocenters. The number of aromatic nitrogens is 4. The Morgan fingerprint density at radius 3 is 2.63 bits per heavy atom. The summed E-state index contributed by atoms with van der Waals surface area (Å²) in [7, 11) is 3.45. The Hall–Kier alpha value is -3.80. The van der Waals surface area contributed by atoms with Gasteiger partial charge < -0.3 is 25.0 Å². The van der Waals surface area contributed by atoms with Gasteiger partial charge >= 0.3 is 12.2 Å². The Morgan fingerprint density at radius 2 is 1.89 bits per heavy atom. The normalized spacial score (nSPS) is 26.6. The average Bonchev–Trinajstić information content (AvgIpc) is 3.82. The van der Waals surface area contributed by atoms with Crippen LogP contribution in [0.3, 0.4) is 0 Å². The summed E-state index contributed by atoms with van der Waals surface area (Å²) in [5.74, 6) is -0.900. The van der Waals surface area contributed by atoms with Crippen LogP contribution in [-0.2, 0) is 37.0 Å². The van der Waals surface area contributed by atoms with Gasteiger partial charge in [-0.15, -0.1) is 0 Å². The Kier molecular flexibility index (Phi) is 9.88. The molecule has 0 saturated carbocycles. The van der Waals surface area contributed by atoms with Crippen molar-refractivity contribution in [1.29, 1.82) is 0 Å². The lowest BCUT2D eigenvalue weighted by molar-refractivity contribution is -0.140. The van der Waals surface area contributed by atoms with Crippen molar-refractivity contribution >= 4 is 29.0 Å². The zero-order valence-electron chi connectivity index (χ0n) is 30.1. The molecule has 12 nitrogen and oxygen atoms in total. The first-order chi connectivity index (χ1) is 25.8. The van der Waals surface area contributed by atoms with Crippen molar-refractivity contribution < 1.29 is 36.2 Å². The van der Waals surface area contributed by atoms with Gasteiger partial charge in [0.25, 0.3) is 5.91 Å². The molecule has 6 aliphatic heterocycles. The van der Waals surface area contributed by atoms with E-state index in [4.69, 9.17) is 26.8 Å². The van der Waals surface area contributed by atoms with Crippen molar-refractivity contribution in [2.45, 2.75) is 94.8 Å². The van der Waals surface area contributed by atoms with E-state index in [-0.39, 0.29) is 48.2 Å². The number of aryl methyl sites for hydroxylation is 1. The third-order valence-corrected chi connectivity index (χ3v) is 12.2. The fraction of sp³-hybridized carbons (Fsp3) is 0.611. The van der Waals surface area contributed by atoms with Crippen LogP contribution in [0.2, 0.25) is 5.02 Å². The van der Waals surface area contributed by atoms with Crippen LogP contribution in [0.4, 0.5) is 33.5 Å². The molecule has 4 saturated heterocycles. The zero-order chi connectivity index (χ0) is 38.1. The molecule has 0 aliphatic carbocycles. The highest BCUT2D eigenvalue weighted by atomic mass is 35.5. The molecule has 0 spiro atoms. The number of ether oxygens (including phenoxy) is 2. The molecule has 3 aromatic rings. The van der Waals surface area contributed by atoms with Gasteiger partial charge in [-0.1, -0.05) is 11.6 Å². The van der Waals surface area contributed by atoms with E-state index in [0.29, 0.717) is 67.5 Å². The summed E-state index contributed by atoms with van der Waals surface area (Å²) in [5, 5.41) is 4.90. The summed E-state index contributed by atoms with van der Waals surface area (Å²) in [5.41, 5.74) is 5.21. The summed E-state index contributed by atoms with van der Waals surface area (Å²) in [4.78, 5) is 30.8. The van der Waals surface area contributed by atoms with Crippen molar-refractivity contribution in [3.05, 3.63) is 56.7 Å². The maximum absolute atomic E-state index is 15.1. The number of nitrogens with zero attached hydrogens (tertiary/aromatic N) is 8. The van der Waals surface area contributed by atoms with Crippen LogP contribution in [0.5, 0.6) is 6.01 Å². The standard InChI is InChI=1S/C29H31ClF4N8O3.C7H12FN/c1-39-9-6-18-19(39)12-41(18)27(43)25-23(30)20-11-40(7-3-8-42(20)38-25)26-14-13-45-21(10-17(14)36-28(37-26)44-2)22-15(29(32,33)34)4-5-16(35)24(22)31;8-6-4-7-2-1-3-9(7)5-6/h4-5,18-19,21H,3,6-13,35H2,1-2H3;6-7H,1-5H2. The smallest absolute Gasteiger partial charge is 0.416 e. The third-order valence-electron chi connectivity index (χ3n) is 11.8. The van der Waals surface area contributed by atoms with E-state index < -0.39 is 41.1 Å². The lowest BCUT2D eigenvalue weighted by Gasteiger charge is -2.45. The number of nitrogen functional groups attached to an aromatic ring is 1. The molecule has 6 aliphatic rings. The number of likely N-dealkylation sites (N-methyl/N-ethyl adjacent to an activating group) is 1. The number of likely N-dealkylation sites (tertiary alicyclic amines) is 2. The van der Waals surface area contributed by atoms with Crippen LogP contribution in [0.1, 0.15) is 76.8 Å². The number of benzene rings is 1. The Morgan fingerprint density at radius 1 is 1.07 bits per heavy atom. The van der Waals surface area contributed by atoms with Gasteiger partial charge in [0, 0.05) is 62.4 Å². The number of anilines is 2. The molecule has 9 rings (SSSR count). The molecule has 1 aromatic carbocycles. The molecule has 18 heteroatoms. The second-order valence-corrected chi connectivity index (χ2v) is 15.4. The first-order valence-corrected chi connectivity index (χ1v) is 18.8. The molecule has 8 heterocycles. The predicted molar refractivity (Wildman–Crippen MR) is 189 cm³/mol. The van der Waals surface area contributed by atoms with Crippen LogP contribution >= 0.6 is 11.6 Å². The largest absolute Gasteiger partial charge is 0.467 e. The monoisotopic (exact) mass is 779 g/mol. The maximum Gasteiger partial charge on any atom is 0.416 e. The summed E-state index contributed by atoms with van der Waals surface area (Å²) in [6, 6.07) is 2.79. The zero-order valence-corrected chi connectivity index (χ0v) is 30.8. The first kappa shape index (κ1) is 37.1. The average molecular weight is 780 g/mol. The number of nitrogens with two attached hydrogens (primary N) is 1. The number of methoxy groups -OCH3 is 1. The molecule has 292 valence electrons. The van der Waals surface area contributed by atoms with Gasteiger partial charge in [-0.3, -0.25) is 19.3 Å². The van der Waals surface area contributed by atoms with E-state index in [1.807, 2.05) is 9.80 Å². The highest BCUT2D eigenvalue weighted by molar-refractivity contribution is 6.34. The summed E-state index contributed by atoms with van der Waals surface area (Å²) in [6.45, 7) is 4.57. The minimum absolute atomic E-state index is 0.00193. The van der Waals surface area contributed by atoms with Crippen molar-refractivity contribution in [1.82, 2.24) is 34.4 Å². The van der Waals surface area contributed by atoms with Gasteiger partial charge in [0.2, 0.25) is 0 Å². The number of rotatable bonds is 4. The van der Waals surface area contributed by atoms with E-state index in [0.717, 1.165) is 38.1 Å². The second-order valence-electron chi connectivity index (χ2n) is 15.0. The van der Waals surface area contributed by atoms with Gasteiger partial charge in [-0.25, -0.2) is 8.78 Å². The number of alkyl halides is 4. The molecule has 0 radical (unpaired) electrons. The minimum Gasteiger partial charge on any atom is -0.467 e. The van der Waals surface area contributed by atoms with Gasteiger partial charge in [0.15, 0.2) is 11.5 Å². The van der Waals surface area contributed by atoms with Crippen LogP contribution in [0.15, 0.2) is 12.1 Å². The summed E-state index contributed by atoms with van der Waals surface area (Å²) >= 11 is 6.84. The Labute approximate surface area is 314 Å². The molecule has 2 aromatic heterocycles. The number of carbonyl (C=O) groups excluding carboxylic acids is 1. The predicted octanol–water partition coefficient (Wildman–Crippen LogP) is 5.02. The van der Waals surface area contributed by atoms with E-state index in [9.17, 15) is 22.4 Å². The van der Waals surface area contributed by atoms with Crippen LogP contribution in [0, 0.1) is 5.82 Å². The number of fused-ring (bicyclic) bond motifs is 4. The van der Waals surface area contributed by atoms with Gasteiger partial charge in [0.1, 0.15) is 12.0 Å². The molecular weight excluding hydrogens is 737 g/mol. The lowest BCUT2D eigenvalue weighted by Crippen LogP contribution is -2.63. The van der Waals surface area contributed by atoms with Gasteiger partial charge in [-0.05, 0) is 57.8 Å². The highest BCUT2D eigenvalue weighted by Gasteiger charge is 2.49. The topological polar surface area (TPSA) is 118 Å². The third kappa shape index (κ3) is 6.64. The number of hydrogen-bond donors (Lipinski definition) is 1. The molecule has 5 atom stereocenters. The molecule has 0 bridgehead atoms. The first-order valence-electron chi connectivity index (χ1n) is 18.4. The van der Waals surface area contributed by atoms with Crippen molar-refractivity contribution in [3.8, 4) is 6.01 Å². The Balaban J connectivity index is 0.000000399. The molecular formula is C36H43ClF5N9O3. The van der Waals surface area contributed by atoms with Gasteiger partial charge in [0.05, 0.1) is 60.1 Å². The summed E-state index contributed by atoms with van der Waals surface area (Å²) in [6.07, 6.45) is -1.90. The number of halogens is 6. The molecule has 1 amide bonds. The Bertz CT molecular complexity index is 1920. The quantitative estimate of drug-likeness (QED) is 0.286. The van der Waals surface area contributed by atoms with E-state index in [1.54, 1.807) is 4.68 Å². The van der Waals surface area contributed by atoms with Crippen molar-refractivity contribution in [2.24, 2.45) is 0 Å². The van der Waals surface area contributed by atoms with Crippen LogP contribution < -0.4 is 15.4 Å². The minimum atomic E-state index is -4.82. The number of hydrogen-bond acceptors (Lipinski definition) is 10. The van der Waals surface area contributed by atoms with Gasteiger partial charge in [-0.2, -0.15) is 28.2 Å². The van der Waals surface area contributed by atoms with E-state index in [1.165, 1.54) is 20.0 Å². The van der Waals surface area contributed by atoms with E-state index >= 15 is 4.39 Å². The van der Waals surface area contributed by atoms with Crippen molar-refractivity contribution in [2.75, 3.05) is 57.5 Å². The molecule has 4 fully saturated rings. The number of carbonyl (C=O) groups is 1. The molecule has 54 heavy (non-hydrogen) atoms.